The van der Waals surface area contributed by atoms with Gasteiger partial charge in [-0.25, -0.2) is 0 Å². The van der Waals surface area contributed by atoms with Gasteiger partial charge in [-0.2, -0.15) is 0 Å². The van der Waals surface area contributed by atoms with Crippen molar-refractivity contribution in [3.05, 3.63) is 0 Å². The highest BCUT2D eigenvalue weighted by atomic mass is 16.1. The Morgan fingerprint density at radius 1 is 1.41 bits per heavy atom. The van der Waals surface area contributed by atoms with E-state index in [9.17, 15) is 4.79 Å². The molecule has 1 saturated heterocycles. The highest BCUT2D eigenvalue weighted by Crippen LogP contribution is 2.24. The molecule has 1 aliphatic heterocycles. The first-order valence-corrected chi connectivity index (χ1v) is 7.05. The number of Topliss-reactive ketones (excluding diaryl/α,β-unsaturated/α-hetero) is 1. The Morgan fingerprint density at radius 2 is 2.24 bits per heavy atom. The zero-order valence-corrected chi connectivity index (χ0v) is 11.3. The van der Waals surface area contributed by atoms with Crippen molar-refractivity contribution < 1.29 is 4.79 Å². The maximum Gasteiger partial charge on any atom is 0.136 e. The SMILES string of the molecule is CN1CCC(CN(C)CCC2CCCC2=O)C1. The van der Waals surface area contributed by atoms with Crippen LogP contribution >= 0.6 is 0 Å². The summed E-state index contributed by atoms with van der Waals surface area (Å²) in [4.78, 5) is 16.4. The topological polar surface area (TPSA) is 23.6 Å². The minimum absolute atomic E-state index is 0.378. The van der Waals surface area contributed by atoms with E-state index in [1.54, 1.807) is 0 Å². The van der Waals surface area contributed by atoms with Gasteiger partial charge in [0.25, 0.3) is 0 Å². The van der Waals surface area contributed by atoms with Gasteiger partial charge in [0.1, 0.15) is 5.78 Å². The summed E-state index contributed by atoms with van der Waals surface area (Å²) in [6.07, 6.45) is 5.52. The van der Waals surface area contributed by atoms with Crippen LogP contribution in [0.1, 0.15) is 32.1 Å². The zero-order chi connectivity index (χ0) is 12.3. The lowest BCUT2D eigenvalue weighted by molar-refractivity contribution is -0.120. The monoisotopic (exact) mass is 238 g/mol. The molecule has 17 heavy (non-hydrogen) atoms. The quantitative estimate of drug-likeness (QED) is 0.727. The maximum absolute atomic E-state index is 11.5. The molecule has 2 aliphatic rings. The largest absolute Gasteiger partial charge is 0.306 e. The van der Waals surface area contributed by atoms with Crippen LogP contribution in [0.3, 0.4) is 0 Å². The highest BCUT2D eigenvalue weighted by molar-refractivity contribution is 5.82. The van der Waals surface area contributed by atoms with Crippen molar-refractivity contribution in [3.8, 4) is 0 Å². The van der Waals surface area contributed by atoms with Gasteiger partial charge in [0, 0.05) is 25.4 Å². The van der Waals surface area contributed by atoms with Crippen molar-refractivity contribution in [2.75, 3.05) is 40.3 Å². The number of carbonyl (C=O) groups excluding carboxylic acids is 1. The molecule has 2 atom stereocenters. The lowest BCUT2D eigenvalue weighted by Gasteiger charge is -2.22. The maximum atomic E-state index is 11.5. The fraction of sp³-hybridized carbons (Fsp3) is 0.929. The van der Waals surface area contributed by atoms with Crippen molar-refractivity contribution >= 4 is 5.78 Å². The lowest BCUT2D eigenvalue weighted by Crippen LogP contribution is -2.29. The van der Waals surface area contributed by atoms with Crippen LogP contribution in [0, 0.1) is 11.8 Å². The van der Waals surface area contributed by atoms with Gasteiger partial charge in [-0.15, -0.1) is 0 Å². The molecule has 3 nitrogen and oxygen atoms in total. The van der Waals surface area contributed by atoms with Gasteiger partial charge >= 0.3 is 0 Å². The number of hydrogen-bond acceptors (Lipinski definition) is 3. The Hall–Kier alpha value is -0.410. The first-order chi connectivity index (χ1) is 8.15. The van der Waals surface area contributed by atoms with Crippen molar-refractivity contribution in [2.24, 2.45) is 11.8 Å². The van der Waals surface area contributed by atoms with E-state index in [0.717, 1.165) is 38.1 Å². The first kappa shape index (κ1) is 13.0. The number of hydrogen-bond donors (Lipinski definition) is 0. The number of nitrogens with zero attached hydrogens (tertiary/aromatic N) is 2. The third kappa shape index (κ3) is 3.78. The molecule has 0 amide bonds. The molecule has 1 heterocycles. The molecule has 0 aromatic rings. The molecule has 0 bridgehead atoms. The average Bonchev–Trinajstić information content (AvgIpc) is 2.85. The lowest BCUT2D eigenvalue weighted by atomic mass is 10.0. The Bertz CT molecular complexity index is 267. The normalized spacial score (nSPS) is 30.6. The molecule has 3 heteroatoms. The molecule has 2 fully saturated rings. The molecule has 98 valence electrons. The van der Waals surface area contributed by atoms with Gasteiger partial charge < -0.3 is 9.80 Å². The fourth-order valence-electron chi connectivity index (χ4n) is 3.28. The van der Waals surface area contributed by atoms with Crippen molar-refractivity contribution in [2.45, 2.75) is 32.1 Å². The van der Waals surface area contributed by atoms with Gasteiger partial charge in [0.05, 0.1) is 0 Å². The third-order valence-corrected chi connectivity index (χ3v) is 4.35. The molecular formula is C14H26N2O. The number of ketones is 1. The van der Waals surface area contributed by atoms with Crippen LogP contribution in [0.15, 0.2) is 0 Å². The Kier molecular flexibility index (Phi) is 4.57. The Balaban J connectivity index is 1.63. The zero-order valence-electron chi connectivity index (χ0n) is 11.3. The number of likely N-dealkylation sites (tertiary alicyclic amines) is 1. The van der Waals surface area contributed by atoms with Gasteiger partial charge in [-0.3, -0.25) is 4.79 Å². The van der Waals surface area contributed by atoms with Gasteiger partial charge in [0.15, 0.2) is 0 Å². The van der Waals surface area contributed by atoms with E-state index in [1.165, 1.54) is 26.1 Å². The number of rotatable bonds is 5. The van der Waals surface area contributed by atoms with Crippen LogP contribution in [0.2, 0.25) is 0 Å². The molecule has 2 rings (SSSR count). The highest BCUT2D eigenvalue weighted by Gasteiger charge is 2.25. The fourth-order valence-corrected chi connectivity index (χ4v) is 3.28. The second-order valence-corrected chi connectivity index (χ2v) is 6.02. The second kappa shape index (κ2) is 5.96. The Labute approximate surface area is 105 Å². The summed E-state index contributed by atoms with van der Waals surface area (Å²) in [6.45, 7) is 4.79. The summed E-state index contributed by atoms with van der Waals surface area (Å²) in [5.41, 5.74) is 0. The molecule has 2 unspecified atom stereocenters. The summed E-state index contributed by atoms with van der Waals surface area (Å²) in [7, 11) is 4.41. The van der Waals surface area contributed by atoms with Crippen LogP contribution in [-0.4, -0.2) is 55.9 Å². The van der Waals surface area contributed by atoms with E-state index < -0.39 is 0 Å². The molecule has 0 spiro atoms. The van der Waals surface area contributed by atoms with E-state index in [1.807, 2.05) is 0 Å². The predicted octanol–water partition coefficient (Wildman–Crippen LogP) is 1.63. The average molecular weight is 238 g/mol. The van der Waals surface area contributed by atoms with E-state index in [-0.39, 0.29) is 0 Å². The van der Waals surface area contributed by atoms with Crippen LogP contribution < -0.4 is 0 Å². The molecule has 1 saturated carbocycles. The summed E-state index contributed by atoms with van der Waals surface area (Å²) in [5.74, 6) is 1.73. The van der Waals surface area contributed by atoms with Crippen LogP contribution in [0.25, 0.3) is 0 Å². The van der Waals surface area contributed by atoms with Crippen LogP contribution in [0.5, 0.6) is 0 Å². The van der Waals surface area contributed by atoms with Gasteiger partial charge in [-0.05, 0) is 58.8 Å². The van der Waals surface area contributed by atoms with Gasteiger partial charge in [0.2, 0.25) is 0 Å². The standard InChI is InChI=1S/C14H26N2O/c1-15-8-6-12(10-15)11-16(2)9-7-13-4-3-5-14(13)17/h12-13H,3-11H2,1-2H3. The van der Waals surface area contributed by atoms with Crippen LogP contribution in [0.4, 0.5) is 0 Å². The summed E-state index contributed by atoms with van der Waals surface area (Å²) < 4.78 is 0. The summed E-state index contributed by atoms with van der Waals surface area (Å²) in [5, 5.41) is 0. The minimum atomic E-state index is 0.378. The van der Waals surface area contributed by atoms with E-state index in [0.29, 0.717) is 11.7 Å². The summed E-state index contributed by atoms with van der Waals surface area (Å²) >= 11 is 0. The van der Waals surface area contributed by atoms with E-state index in [4.69, 9.17) is 0 Å². The molecule has 0 aromatic carbocycles. The van der Waals surface area contributed by atoms with E-state index in [2.05, 4.69) is 23.9 Å². The van der Waals surface area contributed by atoms with E-state index >= 15 is 0 Å². The number of carbonyl (C=O) groups is 1. The third-order valence-electron chi connectivity index (χ3n) is 4.35. The van der Waals surface area contributed by atoms with Crippen molar-refractivity contribution in [1.29, 1.82) is 0 Å². The second-order valence-electron chi connectivity index (χ2n) is 6.02. The van der Waals surface area contributed by atoms with Crippen molar-refractivity contribution in [3.63, 3.8) is 0 Å². The predicted molar refractivity (Wildman–Crippen MR) is 70.1 cm³/mol. The molecule has 0 radical (unpaired) electrons. The van der Waals surface area contributed by atoms with Crippen LogP contribution in [-0.2, 0) is 4.79 Å². The minimum Gasteiger partial charge on any atom is -0.306 e. The molecule has 0 N–H and O–H groups in total. The first-order valence-electron chi connectivity index (χ1n) is 7.05. The van der Waals surface area contributed by atoms with Crippen molar-refractivity contribution in [1.82, 2.24) is 9.80 Å². The molecule has 0 aromatic heterocycles. The Morgan fingerprint density at radius 3 is 2.82 bits per heavy atom. The summed E-state index contributed by atoms with van der Waals surface area (Å²) in [6, 6.07) is 0. The molecular weight excluding hydrogens is 212 g/mol. The smallest absolute Gasteiger partial charge is 0.136 e. The van der Waals surface area contributed by atoms with Gasteiger partial charge in [-0.1, -0.05) is 0 Å². The molecule has 1 aliphatic carbocycles.